The molecule has 28 heavy (non-hydrogen) atoms. The van der Waals surface area contributed by atoms with Crippen LogP contribution in [0.2, 0.25) is 0 Å². The average molecular weight is 373 g/mol. The standard InChI is InChI=1S/C24H23NO3/c1-15-12-13-21-19(14-15)18-10-6-7-11-20(18)24(21,17-8-4-3-5-9-17)28-16(2)22(25)23(26)27/h3-14,16,22H,25H2,1-2H3,(H,26,27)/t16-,22+,24?/m1/s1. The number of aryl methyl sites for hydroxylation is 1. The molecule has 4 heteroatoms. The number of nitrogens with two attached hydrogens (primary N) is 1. The Morgan fingerprint density at radius 2 is 1.61 bits per heavy atom. The number of carbonyl (C=O) groups is 1. The average Bonchev–Trinajstić information content (AvgIpc) is 2.98. The van der Waals surface area contributed by atoms with Crippen LogP contribution in [0.1, 0.15) is 29.2 Å². The smallest absolute Gasteiger partial charge is 0.323 e. The maximum Gasteiger partial charge on any atom is 0.323 e. The van der Waals surface area contributed by atoms with Gasteiger partial charge in [0.15, 0.2) is 0 Å². The lowest BCUT2D eigenvalue weighted by Gasteiger charge is -2.36. The molecule has 0 bridgehead atoms. The van der Waals surface area contributed by atoms with Gasteiger partial charge < -0.3 is 15.6 Å². The fourth-order valence-electron chi connectivity index (χ4n) is 4.09. The molecule has 4 rings (SSSR count). The first-order chi connectivity index (χ1) is 13.4. The molecule has 0 fully saturated rings. The Morgan fingerprint density at radius 1 is 0.964 bits per heavy atom. The van der Waals surface area contributed by atoms with Crippen LogP contribution in [0, 0.1) is 6.92 Å². The fourth-order valence-corrected chi connectivity index (χ4v) is 4.09. The molecule has 0 saturated carbocycles. The van der Waals surface area contributed by atoms with E-state index < -0.39 is 23.7 Å². The van der Waals surface area contributed by atoms with Gasteiger partial charge in [0.25, 0.3) is 0 Å². The summed E-state index contributed by atoms with van der Waals surface area (Å²) in [6.45, 7) is 3.79. The number of carboxylic acids is 1. The van der Waals surface area contributed by atoms with Crippen LogP contribution in [0.3, 0.4) is 0 Å². The predicted molar refractivity (Wildman–Crippen MR) is 109 cm³/mol. The fraction of sp³-hybridized carbons (Fsp3) is 0.208. The molecule has 0 heterocycles. The first-order valence-electron chi connectivity index (χ1n) is 9.38. The van der Waals surface area contributed by atoms with Crippen LogP contribution >= 0.6 is 0 Å². The van der Waals surface area contributed by atoms with E-state index in [9.17, 15) is 9.90 Å². The van der Waals surface area contributed by atoms with Gasteiger partial charge in [-0.05, 0) is 30.5 Å². The van der Waals surface area contributed by atoms with Gasteiger partial charge in [0, 0.05) is 11.1 Å². The zero-order chi connectivity index (χ0) is 19.9. The number of hydrogen-bond donors (Lipinski definition) is 2. The number of ether oxygens (including phenoxy) is 1. The zero-order valence-corrected chi connectivity index (χ0v) is 15.9. The van der Waals surface area contributed by atoms with E-state index in [1.165, 1.54) is 0 Å². The number of carboxylic acid groups (broad SMARTS) is 1. The third-order valence-electron chi connectivity index (χ3n) is 5.48. The van der Waals surface area contributed by atoms with E-state index in [0.717, 1.165) is 33.4 Å². The summed E-state index contributed by atoms with van der Waals surface area (Å²) >= 11 is 0. The molecule has 3 aromatic rings. The molecular weight excluding hydrogens is 350 g/mol. The van der Waals surface area contributed by atoms with Crippen molar-refractivity contribution in [3.05, 3.63) is 95.1 Å². The number of hydrogen-bond acceptors (Lipinski definition) is 3. The van der Waals surface area contributed by atoms with Crippen molar-refractivity contribution in [1.29, 1.82) is 0 Å². The van der Waals surface area contributed by atoms with Crippen LogP contribution < -0.4 is 5.73 Å². The van der Waals surface area contributed by atoms with Gasteiger partial charge in [0.1, 0.15) is 11.6 Å². The highest BCUT2D eigenvalue weighted by Gasteiger charge is 2.47. The molecule has 0 radical (unpaired) electrons. The predicted octanol–water partition coefficient (Wildman–Crippen LogP) is 4.08. The molecule has 1 aliphatic carbocycles. The molecule has 0 amide bonds. The van der Waals surface area contributed by atoms with Gasteiger partial charge >= 0.3 is 5.97 Å². The number of benzene rings is 3. The van der Waals surface area contributed by atoms with Crippen LogP contribution in [0.15, 0.2) is 72.8 Å². The molecule has 3 aromatic carbocycles. The number of rotatable bonds is 5. The van der Waals surface area contributed by atoms with Gasteiger partial charge in [-0.3, -0.25) is 4.79 Å². The molecule has 3 atom stereocenters. The monoisotopic (exact) mass is 373 g/mol. The van der Waals surface area contributed by atoms with Crippen molar-refractivity contribution in [2.75, 3.05) is 0 Å². The second-order valence-corrected chi connectivity index (χ2v) is 7.33. The van der Waals surface area contributed by atoms with Crippen molar-refractivity contribution in [2.24, 2.45) is 5.73 Å². The Balaban J connectivity index is 2.00. The van der Waals surface area contributed by atoms with Gasteiger partial charge in [-0.15, -0.1) is 0 Å². The minimum absolute atomic E-state index is 0.696. The highest BCUT2D eigenvalue weighted by Crippen LogP contribution is 2.53. The van der Waals surface area contributed by atoms with Crippen molar-refractivity contribution in [1.82, 2.24) is 0 Å². The minimum atomic E-state index is -1.12. The lowest BCUT2D eigenvalue weighted by atomic mass is 9.83. The Labute approximate surface area is 164 Å². The summed E-state index contributed by atoms with van der Waals surface area (Å²) in [5.74, 6) is -1.08. The number of fused-ring (bicyclic) bond motifs is 3. The first kappa shape index (κ1) is 18.4. The lowest BCUT2D eigenvalue weighted by molar-refractivity contribution is -0.144. The summed E-state index contributed by atoms with van der Waals surface area (Å²) in [5, 5.41) is 9.40. The first-order valence-corrected chi connectivity index (χ1v) is 9.38. The Kier molecular flexibility index (Phi) is 4.53. The van der Waals surface area contributed by atoms with E-state index in [1.807, 2.05) is 42.5 Å². The van der Waals surface area contributed by atoms with Crippen LogP contribution in [-0.2, 0) is 15.1 Å². The highest BCUT2D eigenvalue weighted by atomic mass is 16.5. The Bertz CT molecular complexity index is 1030. The largest absolute Gasteiger partial charge is 0.480 e. The molecule has 0 aromatic heterocycles. The van der Waals surface area contributed by atoms with Crippen molar-refractivity contribution in [3.63, 3.8) is 0 Å². The molecule has 0 aliphatic heterocycles. The third-order valence-corrected chi connectivity index (χ3v) is 5.48. The summed E-state index contributed by atoms with van der Waals surface area (Å²) in [4.78, 5) is 11.5. The van der Waals surface area contributed by atoms with Crippen molar-refractivity contribution >= 4 is 5.97 Å². The van der Waals surface area contributed by atoms with Gasteiger partial charge in [-0.25, -0.2) is 0 Å². The van der Waals surface area contributed by atoms with E-state index in [4.69, 9.17) is 10.5 Å². The molecule has 1 unspecified atom stereocenters. The van der Waals surface area contributed by atoms with Gasteiger partial charge in [-0.2, -0.15) is 0 Å². The maximum atomic E-state index is 11.5. The molecule has 4 nitrogen and oxygen atoms in total. The topological polar surface area (TPSA) is 72.5 Å². The second kappa shape index (κ2) is 6.89. The normalized spacial score (nSPS) is 19.5. The SMILES string of the molecule is Cc1ccc2c(c1)-c1ccccc1C2(O[C@H](C)[C@H](N)C(=O)O)c1ccccc1. The van der Waals surface area contributed by atoms with E-state index >= 15 is 0 Å². The van der Waals surface area contributed by atoms with Crippen LogP contribution in [0.5, 0.6) is 0 Å². The molecule has 1 aliphatic rings. The molecular formula is C24H23NO3. The van der Waals surface area contributed by atoms with Gasteiger partial charge in [0.05, 0.1) is 6.10 Å². The summed E-state index contributed by atoms with van der Waals surface area (Å²) in [6.07, 6.45) is -0.696. The van der Waals surface area contributed by atoms with E-state index in [2.05, 4.69) is 37.3 Å². The number of aliphatic carboxylic acids is 1. The molecule has 0 spiro atoms. The summed E-state index contributed by atoms with van der Waals surface area (Å²) < 4.78 is 6.60. The molecule has 142 valence electrons. The van der Waals surface area contributed by atoms with E-state index in [0.29, 0.717) is 0 Å². The van der Waals surface area contributed by atoms with E-state index in [1.54, 1.807) is 6.92 Å². The van der Waals surface area contributed by atoms with Crippen molar-refractivity contribution in [3.8, 4) is 11.1 Å². The molecule has 3 N–H and O–H groups in total. The van der Waals surface area contributed by atoms with Crippen molar-refractivity contribution in [2.45, 2.75) is 31.6 Å². The van der Waals surface area contributed by atoms with Gasteiger partial charge in [0.2, 0.25) is 0 Å². The summed E-state index contributed by atoms with van der Waals surface area (Å²) in [7, 11) is 0. The van der Waals surface area contributed by atoms with Gasteiger partial charge in [-0.1, -0.05) is 78.4 Å². The van der Waals surface area contributed by atoms with Crippen LogP contribution in [0.4, 0.5) is 0 Å². The maximum absolute atomic E-state index is 11.5. The second-order valence-electron chi connectivity index (χ2n) is 7.33. The minimum Gasteiger partial charge on any atom is -0.480 e. The Hall–Kier alpha value is -2.95. The highest BCUT2D eigenvalue weighted by molar-refractivity contribution is 5.83. The van der Waals surface area contributed by atoms with Crippen LogP contribution in [-0.4, -0.2) is 23.2 Å². The summed E-state index contributed by atoms with van der Waals surface area (Å²) in [6, 6.07) is 23.2. The lowest BCUT2D eigenvalue weighted by Crippen LogP contribution is -2.46. The van der Waals surface area contributed by atoms with Crippen LogP contribution in [0.25, 0.3) is 11.1 Å². The Morgan fingerprint density at radius 3 is 2.32 bits per heavy atom. The summed E-state index contributed by atoms with van der Waals surface area (Å²) in [5.41, 5.74) is 11.3. The van der Waals surface area contributed by atoms with E-state index in [-0.39, 0.29) is 0 Å². The zero-order valence-electron chi connectivity index (χ0n) is 15.9. The van der Waals surface area contributed by atoms with Crippen molar-refractivity contribution < 1.29 is 14.6 Å². The molecule has 0 saturated heterocycles. The third kappa shape index (κ3) is 2.73. The quantitative estimate of drug-likeness (QED) is 0.707.